The molecule has 0 atom stereocenters. The highest BCUT2D eigenvalue weighted by Gasteiger charge is 2.31. The smallest absolute Gasteiger partial charge is 0.0411 e. The van der Waals surface area contributed by atoms with Crippen LogP contribution in [0.25, 0.3) is 0 Å². The Morgan fingerprint density at radius 2 is 0.538 bits per heavy atom. The molecule has 0 saturated carbocycles. The molecule has 0 unspecified atom stereocenters. The van der Waals surface area contributed by atoms with Gasteiger partial charge in [0.25, 0.3) is 0 Å². The van der Waals surface area contributed by atoms with E-state index in [0.29, 0.717) is 0 Å². The Labute approximate surface area is 90.4 Å². The molecule has 13 heavy (non-hydrogen) atoms. The average Bonchev–Trinajstić information content (AvgIpc) is 1.50. The van der Waals surface area contributed by atoms with Gasteiger partial charge in [-0.3, -0.25) is 0 Å². The van der Waals surface area contributed by atoms with Gasteiger partial charge >= 0.3 is 0 Å². The largest absolute Gasteiger partial charge is 0.0715 e. The molecule has 0 aromatic heterocycles. The standard InChI is InChI=1S/C6H18Si2.C4H12Si.H2/c1-7(2,3)8(4,5)6;1-5(2,3)4;/h1-6H3;1-4H3;1H. The summed E-state index contributed by atoms with van der Waals surface area (Å²) < 4.78 is 0. The molecular formula is C10H32Si3. The minimum absolute atomic E-state index is 0. The highest BCUT2D eigenvalue weighted by atomic mass is 29.3. The summed E-state index contributed by atoms with van der Waals surface area (Å²) in [6.07, 6.45) is 0. The van der Waals surface area contributed by atoms with Crippen LogP contribution < -0.4 is 0 Å². The van der Waals surface area contributed by atoms with Gasteiger partial charge in [0.05, 0.1) is 0 Å². The van der Waals surface area contributed by atoms with E-state index in [2.05, 4.69) is 65.5 Å². The predicted molar refractivity (Wildman–Crippen MR) is 78.0 cm³/mol. The monoisotopic (exact) mass is 236 g/mol. The lowest BCUT2D eigenvalue weighted by atomic mass is 11.8. The van der Waals surface area contributed by atoms with E-state index in [9.17, 15) is 0 Å². The second-order valence-electron chi connectivity index (χ2n) is 7.50. The molecule has 0 spiro atoms. The Balaban J connectivity index is -0.000000177. The highest BCUT2D eigenvalue weighted by molar-refractivity contribution is 7.39. The minimum Gasteiger partial charge on any atom is -0.0715 e. The van der Waals surface area contributed by atoms with Gasteiger partial charge in [0.15, 0.2) is 0 Å². The van der Waals surface area contributed by atoms with Crippen LogP contribution in [0.2, 0.25) is 65.5 Å². The summed E-state index contributed by atoms with van der Waals surface area (Å²) in [4.78, 5) is 0. The first-order valence-electron chi connectivity index (χ1n) is 5.25. The van der Waals surface area contributed by atoms with Crippen LogP contribution in [0.4, 0.5) is 0 Å². The summed E-state index contributed by atoms with van der Waals surface area (Å²) in [7, 11) is -2.05. The molecule has 0 fully saturated rings. The number of hydrogen-bond acceptors (Lipinski definition) is 0. The van der Waals surface area contributed by atoms with Crippen LogP contribution in [0, 0.1) is 0 Å². The predicted octanol–water partition coefficient (Wildman–Crippen LogP) is 4.94. The molecule has 84 valence electrons. The van der Waals surface area contributed by atoms with Crippen molar-refractivity contribution in [1.29, 1.82) is 0 Å². The van der Waals surface area contributed by atoms with Gasteiger partial charge in [-0.05, 0) is 0 Å². The van der Waals surface area contributed by atoms with Crippen LogP contribution in [0.1, 0.15) is 1.43 Å². The molecule has 0 nitrogen and oxygen atoms in total. The third-order valence-corrected chi connectivity index (χ3v) is 20.2. The zero-order valence-corrected chi connectivity index (χ0v) is 14.5. The molecule has 0 aliphatic rings. The van der Waals surface area contributed by atoms with Crippen LogP contribution >= 0.6 is 0 Å². The van der Waals surface area contributed by atoms with Crippen molar-refractivity contribution in [2.75, 3.05) is 0 Å². The second kappa shape index (κ2) is 4.94. The molecule has 0 radical (unpaired) electrons. The fraction of sp³-hybridized carbons (Fsp3) is 1.00. The van der Waals surface area contributed by atoms with E-state index in [1.807, 2.05) is 0 Å². The van der Waals surface area contributed by atoms with Gasteiger partial charge in [-0.25, -0.2) is 0 Å². The van der Waals surface area contributed by atoms with Crippen molar-refractivity contribution >= 4 is 23.3 Å². The highest BCUT2D eigenvalue weighted by Crippen LogP contribution is 2.16. The molecule has 0 aromatic carbocycles. The Kier molecular flexibility index (Phi) is 6.11. The first-order chi connectivity index (χ1) is 5.25. The van der Waals surface area contributed by atoms with Crippen molar-refractivity contribution in [1.82, 2.24) is 0 Å². The first-order valence-corrected chi connectivity index (χ1v) is 17.2. The van der Waals surface area contributed by atoms with E-state index in [4.69, 9.17) is 0 Å². The maximum Gasteiger partial charge on any atom is 0.0411 e. The topological polar surface area (TPSA) is 0 Å². The third-order valence-electron chi connectivity index (χ3n) is 2.25. The molecule has 0 heterocycles. The number of hydrogen-bond donors (Lipinski definition) is 0. The molecular weight excluding hydrogens is 204 g/mol. The van der Waals surface area contributed by atoms with E-state index < -0.39 is 23.3 Å². The lowest BCUT2D eigenvalue weighted by Gasteiger charge is -2.30. The summed E-state index contributed by atoms with van der Waals surface area (Å²) >= 11 is 0. The fourth-order valence-electron chi connectivity index (χ4n) is 0. The molecule has 3 heteroatoms. The van der Waals surface area contributed by atoms with Gasteiger partial charge in [-0.2, -0.15) is 0 Å². The van der Waals surface area contributed by atoms with E-state index >= 15 is 0 Å². The van der Waals surface area contributed by atoms with E-state index in [-0.39, 0.29) is 1.43 Å². The first kappa shape index (κ1) is 16.1. The maximum atomic E-state index is 2.47. The van der Waals surface area contributed by atoms with Gasteiger partial charge in [0.2, 0.25) is 0 Å². The van der Waals surface area contributed by atoms with E-state index in [1.165, 1.54) is 0 Å². The average molecular weight is 237 g/mol. The van der Waals surface area contributed by atoms with Crippen molar-refractivity contribution in [2.24, 2.45) is 0 Å². The van der Waals surface area contributed by atoms with E-state index in [1.54, 1.807) is 0 Å². The maximum absolute atomic E-state index is 2.47. The van der Waals surface area contributed by atoms with Crippen LogP contribution in [0.3, 0.4) is 0 Å². The molecule has 0 amide bonds. The molecule has 0 aliphatic heterocycles. The van der Waals surface area contributed by atoms with Gasteiger partial charge < -0.3 is 0 Å². The van der Waals surface area contributed by atoms with Crippen molar-refractivity contribution in [3.8, 4) is 0 Å². The summed E-state index contributed by atoms with van der Waals surface area (Å²) in [6.45, 7) is 24.1. The van der Waals surface area contributed by atoms with Crippen LogP contribution in [-0.4, -0.2) is 23.3 Å². The molecule has 0 bridgehead atoms. The molecule has 0 aliphatic carbocycles. The summed E-state index contributed by atoms with van der Waals surface area (Å²) in [6, 6.07) is 0. The minimum atomic E-state index is -0.720. The third kappa shape index (κ3) is 15.4. The van der Waals surface area contributed by atoms with Gasteiger partial charge in [-0.1, -0.05) is 65.5 Å². The van der Waals surface area contributed by atoms with Crippen molar-refractivity contribution in [3.05, 3.63) is 0 Å². The van der Waals surface area contributed by atoms with Crippen molar-refractivity contribution in [2.45, 2.75) is 65.5 Å². The summed E-state index contributed by atoms with van der Waals surface area (Å²) in [5, 5.41) is 0. The summed E-state index contributed by atoms with van der Waals surface area (Å²) in [5.74, 6) is 0. The Hall–Kier alpha value is 0.651. The van der Waals surface area contributed by atoms with Gasteiger partial charge in [-0.15, -0.1) is 0 Å². The van der Waals surface area contributed by atoms with Crippen LogP contribution in [-0.2, 0) is 0 Å². The SMILES string of the molecule is C[Si](C)(C)C.C[Si](C)(C)[Si](C)(C)C.[HH]. The van der Waals surface area contributed by atoms with E-state index in [0.717, 1.165) is 0 Å². The normalized spacial score (nSPS) is 13.4. The quantitative estimate of drug-likeness (QED) is 0.566. The Morgan fingerprint density at radius 3 is 0.538 bits per heavy atom. The van der Waals surface area contributed by atoms with Gasteiger partial charge in [0, 0.05) is 24.7 Å². The van der Waals surface area contributed by atoms with Crippen molar-refractivity contribution < 1.29 is 1.43 Å². The Bertz CT molecular complexity index is 119. The lowest BCUT2D eigenvalue weighted by molar-refractivity contribution is 1.71. The van der Waals surface area contributed by atoms with Crippen LogP contribution in [0.15, 0.2) is 0 Å². The van der Waals surface area contributed by atoms with Crippen LogP contribution in [0.5, 0.6) is 0 Å². The van der Waals surface area contributed by atoms with Gasteiger partial charge in [0.1, 0.15) is 0 Å². The van der Waals surface area contributed by atoms with Crippen molar-refractivity contribution in [3.63, 3.8) is 0 Å². The number of rotatable bonds is 1. The molecule has 0 aromatic rings. The Morgan fingerprint density at radius 1 is 0.462 bits per heavy atom. The summed E-state index contributed by atoms with van der Waals surface area (Å²) in [5.41, 5.74) is 0. The molecule has 0 rings (SSSR count). The fourth-order valence-corrected chi connectivity index (χ4v) is 0. The zero-order chi connectivity index (χ0) is 11.5. The second-order valence-corrected chi connectivity index (χ2v) is 31.5. The zero-order valence-electron chi connectivity index (χ0n) is 11.5. The molecule has 0 saturated heterocycles. The molecule has 0 N–H and O–H groups in total. The lowest BCUT2D eigenvalue weighted by Crippen LogP contribution is -2.49.